The van der Waals surface area contributed by atoms with Gasteiger partial charge in [-0.1, -0.05) is 57.2 Å². The summed E-state index contributed by atoms with van der Waals surface area (Å²) in [6, 6.07) is 17.0. The molecule has 0 atom stereocenters. The molecule has 0 saturated carbocycles. The van der Waals surface area contributed by atoms with Gasteiger partial charge in [0.15, 0.2) is 0 Å². The predicted octanol–water partition coefficient (Wildman–Crippen LogP) is 3.04. The van der Waals surface area contributed by atoms with Crippen molar-refractivity contribution in [2.45, 2.75) is 37.6 Å². The number of aryl methyl sites for hydroxylation is 1. The van der Waals surface area contributed by atoms with Crippen molar-refractivity contribution in [3.8, 4) is 11.3 Å². The van der Waals surface area contributed by atoms with Crippen LogP contribution < -0.4 is 11.2 Å². The highest BCUT2D eigenvalue weighted by Gasteiger charge is 2.28. The number of nitrogens with one attached hydrogen (secondary N) is 1. The fourth-order valence-electron chi connectivity index (χ4n) is 5.06. The zero-order valence-electron chi connectivity index (χ0n) is 23.1. The normalized spacial score (nSPS) is 15.7. The smallest absolute Gasteiger partial charge is 0.331 e. The first-order valence-corrected chi connectivity index (χ1v) is 14.5. The third kappa shape index (κ3) is 5.11. The van der Waals surface area contributed by atoms with Crippen LogP contribution in [0.15, 0.2) is 69.1 Å². The van der Waals surface area contributed by atoms with Crippen LogP contribution in [-0.4, -0.2) is 57.9 Å². The van der Waals surface area contributed by atoms with E-state index < -0.39 is 21.3 Å². The summed E-state index contributed by atoms with van der Waals surface area (Å²) >= 11 is 0. The Morgan fingerprint density at radius 2 is 1.46 bits per heavy atom. The average Bonchev–Trinajstić information content (AvgIpc) is 3.37. The molecule has 0 spiro atoms. The van der Waals surface area contributed by atoms with E-state index in [1.165, 1.54) is 22.7 Å². The largest absolute Gasteiger partial charge is 0.349 e. The van der Waals surface area contributed by atoms with Crippen LogP contribution in [0.1, 0.15) is 31.9 Å². The van der Waals surface area contributed by atoms with Gasteiger partial charge in [0.05, 0.1) is 10.4 Å². The number of aromatic nitrogens is 3. The van der Waals surface area contributed by atoms with Gasteiger partial charge in [-0.2, -0.15) is 4.31 Å². The van der Waals surface area contributed by atoms with Gasteiger partial charge in [-0.25, -0.2) is 13.2 Å². The summed E-state index contributed by atoms with van der Waals surface area (Å²) in [5, 5.41) is 0. The number of hydrogen-bond acceptors (Lipinski definition) is 5. The second-order valence-electron chi connectivity index (χ2n) is 11.3. The third-order valence-electron chi connectivity index (χ3n) is 7.61. The number of rotatable bonds is 5. The molecule has 10 heteroatoms. The van der Waals surface area contributed by atoms with E-state index in [-0.39, 0.29) is 10.3 Å². The van der Waals surface area contributed by atoms with Gasteiger partial charge >= 0.3 is 5.69 Å². The van der Waals surface area contributed by atoms with Crippen molar-refractivity contribution < 1.29 is 8.42 Å². The van der Waals surface area contributed by atoms with Gasteiger partial charge in [0.25, 0.3) is 5.56 Å². The standard InChI is InChI=1S/C29H35N5O4S/c1-29(2,3)22-10-6-20(7-11-22)19-33-14-16-34(17-15-33)39(37,38)23-12-8-21(9-13-23)24-18-25-26(30-24)27(35)32(5)28(36)31(25)4/h6-13,18,30H,14-17,19H2,1-5H3. The van der Waals surface area contributed by atoms with Crippen LogP contribution in [0.4, 0.5) is 0 Å². The van der Waals surface area contributed by atoms with Crippen LogP contribution in [0.5, 0.6) is 0 Å². The van der Waals surface area contributed by atoms with E-state index in [0.717, 1.165) is 16.7 Å². The van der Waals surface area contributed by atoms with Gasteiger partial charge in [0.2, 0.25) is 10.0 Å². The molecule has 0 radical (unpaired) electrons. The first-order valence-electron chi connectivity index (χ1n) is 13.1. The monoisotopic (exact) mass is 549 g/mol. The molecule has 1 aliphatic rings. The first kappa shape index (κ1) is 27.1. The molecule has 2 aromatic heterocycles. The summed E-state index contributed by atoms with van der Waals surface area (Å²) in [7, 11) is -0.581. The Kier molecular flexibility index (Phi) is 6.90. The summed E-state index contributed by atoms with van der Waals surface area (Å²) < 4.78 is 30.7. The highest BCUT2D eigenvalue weighted by atomic mass is 32.2. The summed E-state index contributed by atoms with van der Waals surface area (Å²) in [4.78, 5) is 30.4. The van der Waals surface area contributed by atoms with Crippen molar-refractivity contribution in [2.24, 2.45) is 14.1 Å². The van der Waals surface area contributed by atoms with Crippen molar-refractivity contribution in [3.63, 3.8) is 0 Å². The van der Waals surface area contributed by atoms with Crippen molar-refractivity contribution in [1.82, 2.24) is 23.3 Å². The Morgan fingerprint density at radius 1 is 0.846 bits per heavy atom. The van der Waals surface area contributed by atoms with Gasteiger partial charge in [-0.05, 0) is 40.3 Å². The second kappa shape index (κ2) is 9.93. The van der Waals surface area contributed by atoms with Crippen LogP contribution in [0.2, 0.25) is 0 Å². The van der Waals surface area contributed by atoms with E-state index in [0.29, 0.717) is 42.9 Å². The number of hydrogen-bond donors (Lipinski definition) is 1. The highest BCUT2D eigenvalue weighted by Crippen LogP contribution is 2.26. The molecule has 39 heavy (non-hydrogen) atoms. The lowest BCUT2D eigenvalue weighted by atomic mass is 9.87. The van der Waals surface area contributed by atoms with Crippen LogP contribution >= 0.6 is 0 Å². The molecule has 0 bridgehead atoms. The minimum Gasteiger partial charge on any atom is -0.349 e. The minimum atomic E-state index is -3.63. The Morgan fingerprint density at radius 3 is 2.05 bits per heavy atom. The number of benzene rings is 2. The van der Waals surface area contributed by atoms with Crippen LogP contribution in [0, 0.1) is 0 Å². The lowest BCUT2D eigenvalue weighted by Gasteiger charge is -2.34. The van der Waals surface area contributed by atoms with Gasteiger partial charge in [-0.3, -0.25) is 18.8 Å². The first-order chi connectivity index (χ1) is 18.4. The van der Waals surface area contributed by atoms with Crippen molar-refractivity contribution >= 4 is 21.1 Å². The van der Waals surface area contributed by atoms with E-state index in [9.17, 15) is 18.0 Å². The van der Waals surface area contributed by atoms with Crippen LogP contribution in [0.3, 0.4) is 0 Å². The fourth-order valence-corrected chi connectivity index (χ4v) is 6.48. The Labute approximate surface area is 228 Å². The molecule has 1 N–H and O–H groups in total. The van der Waals surface area contributed by atoms with Crippen molar-refractivity contribution in [3.05, 3.63) is 86.6 Å². The number of nitrogens with zero attached hydrogens (tertiary/aromatic N) is 4. The molecule has 9 nitrogen and oxygen atoms in total. The zero-order valence-corrected chi connectivity index (χ0v) is 23.9. The summed E-state index contributed by atoms with van der Waals surface area (Å²) in [6.45, 7) is 9.60. The van der Waals surface area contributed by atoms with Crippen molar-refractivity contribution in [1.29, 1.82) is 0 Å². The maximum absolute atomic E-state index is 13.4. The minimum absolute atomic E-state index is 0.116. The number of fused-ring (bicyclic) bond motifs is 1. The van der Waals surface area contributed by atoms with Gasteiger partial charge < -0.3 is 4.98 Å². The van der Waals surface area contributed by atoms with Crippen molar-refractivity contribution in [2.75, 3.05) is 26.2 Å². The quantitative estimate of drug-likeness (QED) is 0.413. The predicted molar refractivity (Wildman–Crippen MR) is 153 cm³/mol. The van der Waals surface area contributed by atoms with Crippen LogP contribution in [-0.2, 0) is 36.1 Å². The number of aromatic amines is 1. The second-order valence-corrected chi connectivity index (χ2v) is 13.2. The lowest BCUT2D eigenvalue weighted by Crippen LogP contribution is -2.48. The van der Waals surface area contributed by atoms with E-state index in [1.54, 1.807) is 41.7 Å². The van der Waals surface area contributed by atoms with E-state index in [2.05, 4.69) is 54.9 Å². The molecule has 0 amide bonds. The highest BCUT2D eigenvalue weighted by molar-refractivity contribution is 7.89. The maximum atomic E-state index is 13.4. The molecule has 1 fully saturated rings. The Bertz CT molecular complexity index is 1730. The molecule has 0 aliphatic carbocycles. The SMILES string of the molecule is Cn1c(=O)c2[nH]c(-c3ccc(S(=O)(=O)N4CCN(Cc5ccc(C(C)(C)C)cc5)CC4)cc3)cc2n(C)c1=O. The topological polar surface area (TPSA) is 100 Å². The fraction of sp³-hybridized carbons (Fsp3) is 0.379. The molecule has 4 aromatic rings. The van der Waals surface area contributed by atoms with Gasteiger partial charge in [0, 0.05) is 52.5 Å². The number of sulfonamides is 1. The Hall–Kier alpha value is -3.47. The molecule has 2 aromatic carbocycles. The molecule has 206 valence electrons. The average molecular weight is 550 g/mol. The molecule has 5 rings (SSSR count). The zero-order chi connectivity index (χ0) is 28.1. The number of H-pyrrole nitrogens is 1. The van der Waals surface area contributed by atoms with Gasteiger partial charge in [0.1, 0.15) is 5.52 Å². The molecule has 0 unspecified atom stereocenters. The Balaban J connectivity index is 1.27. The summed E-state index contributed by atoms with van der Waals surface area (Å²) in [5.41, 5.74) is 4.02. The van der Waals surface area contributed by atoms with E-state index in [1.807, 2.05) is 0 Å². The van der Waals surface area contributed by atoms with E-state index >= 15 is 0 Å². The summed E-state index contributed by atoms with van der Waals surface area (Å²) in [5.74, 6) is 0. The van der Waals surface area contributed by atoms with E-state index in [4.69, 9.17) is 0 Å². The summed E-state index contributed by atoms with van der Waals surface area (Å²) in [6.07, 6.45) is 0. The molecular weight excluding hydrogens is 514 g/mol. The van der Waals surface area contributed by atoms with Gasteiger partial charge in [-0.15, -0.1) is 0 Å². The molecule has 1 saturated heterocycles. The number of piperazine rings is 1. The maximum Gasteiger partial charge on any atom is 0.331 e. The lowest BCUT2D eigenvalue weighted by molar-refractivity contribution is 0.181. The molecular formula is C29H35N5O4S. The third-order valence-corrected chi connectivity index (χ3v) is 9.52. The molecule has 3 heterocycles. The molecule has 1 aliphatic heterocycles. The van der Waals surface area contributed by atoms with Crippen LogP contribution in [0.25, 0.3) is 22.3 Å².